The Morgan fingerprint density at radius 1 is 1.48 bits per heavy atom. The third kappa shape index (κ3) is 4.18. The summed E-state index contributed by atoms with van der Waals surface area (Å²) in [7, 11) is 0. The van der Waals surface area contributed by atoms with E-state index in [0.29, 0.717) is 24.7 Å². The number of aryl methyl sites for hydroxylation is 1. The maximum Gasteiger partial charge on any atom is 0.269 e. The maximum atomic E-state index is 12.3. The fraction of sp³-hybridized carbons (Fsp3) is 0.533. The van der Waals surface area contributed by atoms with Gasteiger partial charge in [0.25, 0.3) is 5.91 Å². The Hall–Kier alpha value is -2.11. The highest BCUT2D eigenvalue weighted by molar-refractivity contribution is 5.92. The molecule has 2 heterocycles. The molecule has 0 saturated heterocycles. The Labute approximate surface area is 125 Å². The first-order valence-corrected chi connectivity index (χ1v) is 7.42. The second kappa shape index (κ2) is 7.06. The number of nitrogens with zero attached hydrogens (tertiary/aromatic N) is 3. The van der Waals surface area contributed by atoms with Crippen LogP contribution in [0.3, 0.4) is 0 Å². The Morgan fingerprint density at radius 3 is 2.90 bits per heavy atom. The molecule has 6 nitrogen and oxygen atoms in total. The number of carbonyl (C=O) groups excluding carboxylic acids is 1. The van der Waals surface area contributed by atoms with Gasteiger partial charge in [-0.2, -0.15) is 5.10 Å². The first kappa shape index (κ1) is 15.3. The second-order valence-corrected chi connectivity index (χ2v) is 5.52. The predicted octanol–water partition coefficient (Wildman–Crippen LogP) is 1.80. The minimum absolute atomic E-state index is 0.0705. The van der Waals surface area contributed by atoms with Crippen molar-refractivity contribution in [3.05, 3.63) is 35.7 Å². The fourth-order valence-electron chi connectivity index (χ4n) is 2.23. The van der Waals surface area contributed by atoms with E-state index in [9.17, 15) is 4.79 Å². The molecule has 0 spiro atoms. The van der Waals surface area contributed by atoms with Gasteiger partial charge in [-0.1, -0.05) is 13.8 Å². The van der Waals surface area contributed by atoms with Gasteiger partial charge in [0.15, 0.2) is 0 Å². The fourth-order valence-corrected chi connectivity index (χ4v) is 2.23. The molecule has 0 unspecified atom stereocenters. The average molecular weight is 289 g/mol. The van der Waals surface area contributed by atoms with Crippen LogP contribution < -0.4 is 5.32 Å². The van der Waals surface area contributed by atoms with Crippen LogP contribution in [-0.2, 0) is 19.4 Å². The normalized spacial score (nSPS) is 11.0. The lowest BCUT2D eigenvalue weighted by atomic mass is 10.1. The van der Waals surface area contributed by atoms with Crippen LogP contribution in [0.25, 0.3) is 0 Å². The molecule has 0 bridgehead atoms. The number of carbonyl (C=O) groups is 1. The van der Waals surface area contributed by atoms with Crippen LogP contribution >= 0.6 is 0 Å². The van der Waals surface area contributed by atoms with Crippen LogP contribution in [0.5, 0.6) is 0 Å². The van der Waals surface area contributed by atoms with E-state index in [0.717, 1.165) is 24.2 Å². The molecule has 0 atom stereocenters. The predicted molar refractivity (Wildman–Crippen MR) is 81.1 cm³/mol. The number of hydrogen-bond donors (Lipinski definition) is 2. The number of amides is 1. The maximum absolute atomic E-state index is 12.3. The number of aromatic amines is 1. The minimum Gasteiger partial charge on any atom is -0.350 e. The summed E-state index contributed by atoms with van der Waals surface area (Å²) >= 11 is 0. The molecule has 6 heteroatoms. The molecule has 0 aliphatic heterocycles. The molecule has 114 valence electrons. The number of nitrogens with one attached hydrogen (secondary N) is 2. The summed E-state index contributed by atoms with van der Waals surface area (Å²) < 4.78 is 1.77. The molecule has 1 amide bonds. The van der Waals surface area contributed by atoms with E-state index in [1.54, 1.807) is 17.2 Å². The Balaban J connectivity index is 1.95. The summed E-state index contributed by atoms with van der Waals surface area (Å²) in [6.07, 6.45) is 5.04. The van der Waals surface area contributed by atoms with Gasteiger partial charge in [-0.05, 0) is 25.3 Å². The van der Waals surface area contributed by atoms with Crippen molar-refractivity contribution in [1.29, 1.82) is 0 Å². The topological polar surface area (TPSA) is 75.6 Å². The molecule has 2 aromatic heterocycles. The van der Waals surface area contributed by atoms with Crippen molar-refractivity contribution in [2.24, 2.45) is 5.92 Å². The van der Waals surface area contributed by atoms with Crippen molar-refractivity contribution in [2.75, 3.05) is 6.54 Å². The van der Waals surface area contributed by atoms with Crippen LogP contribution in [0.1, 0.15) is 42.6 Å². The van der Waals surface area contributed by atoms with Crippen molar-refractivity contribution < 1.29 is 4.79 Å². The summed E-state index contributed by atoms with van der Waals surface area (Å²) in [5.41, 5.74) is 2.63. The molecule has 0 fully saturated rings. The van der Waals surface area contributed by atoms with E-state index >= 15 is 0 Å². The van der Waals surface area contributed by atoms with E-state index in [-0.39, 0.29) is 5.91 Å². The van der Waals surface area contributed by atoms with Crippen molar-refractivity contribution in [1.82, 2.24) is 25.1 Å². The molecule has 2 N–H and O–H groups in total. The molecule has 0 saturated carbocycles. The Bertz CT molecular complexity index is 571. The van der Waals surface area contributed by atoms with Gasteiger partial charge in [0.05, 0.1) is 12.0 Å². The third-order valence-corrected chi connectivity index (χ3v) is 3.21. The molecule has 0 aromatic carbocycles. The van der Waals surface area contributed by atoms with Crippen LogP contribution in [0.2, 0.25) is 0 Å². The van der Waals surface area contributed by atoms with Gasteiger partial charge in [-0.3, -0.25) is 9.48 Å². The smallest absolute Gasteiger partial charge is 0.269 e. The third-order valence-electron chi connectivity index (χ3n) is 3.21. The van der Waals surface area contributed by atoms with Crippen molar-refractivity contribution in [3.63, 3.8) is 0 Å². The number of aromatic nitrogens is 4. The van der Waals surface area contributed by atoms with Crippen LogP contribution in [-0.4, -0.2) is 32.2 Å². The highest BCUT2D eigenvalue weighted by Gasteiger charge is 2.14. The molecule has 0 aliphatic rings. The zero-order valence-electron chi connectivity index (χ0n) is 12.9. The standard InChI is InChI=1S/C15H23N5O/c1-4-20-14(8-13(19-20)7-11(2)3)15(21)17-6-5-12-9-16-10-18-12/h8-11H,4-7H2,1-3H3,(H,16,18)(H,17,21). The quantitative estimate of drug-likeness (QED) is 0.816. The lowest BCUT2D eigenvalue weighted by molar-refractivity contribution is 0.0943. The molecule has 0 aliphatic carbocycles. The van der Waals surface area contributed by atoms with Crippen LogP contribution in [0.15, 0.2) is 18.6 Å². The van der Waals surface area contributed by atoms with E-state index in [1.807, 2.05) is 13.0 Å². The monoisotopic (exact) mass is 289 g/mol. The number of hydrogen-bond acceptors (Lipinski definition) is 3. The SMILES string of the molecule is CCn1nc(CC(C)C)cc1C(=O)NCCc1cnc[nH]1. The summed E-state index contributed by atoms with van der Waals surface area (Å²) in [5, 5.41) is 7.42. The molecule has 2 rings (SSSR count). The lowest BCUT2D eigenvalue weighted by Gasteiger charge is -2.05. The van der Waals surface area contributed by atoms with Crippen molar-refractivity contribution in [3.8, 4) is 0 Å². The zero-order valence-corrected chi connectivity index (χ0v) is 12.9. The minimum atomic E-state index is -0.0705. The lowest BCUT2D eigenvalue weighted by Crippen LogP contribution is -2.28. The first-order chi connectivity index (χ1) is 10.1. The Morgan fingerprint density at radius 2 is 2.29 bits per heavy atom. The number of rotatable bonds is 7. The van der Waals surface area contributed by atoms with E-state index in [2.05, 4.69) is 34.2 Å². The van der Waals surface area contributed by atoms with Gasteiger partial charge >= 0.3 is 0 Å². The Kier molecular flexibility index (Phi) is 5.14. The largest absolute Gasteiger partial charge is 0.350 e. The average Bonchev–Trinajstić information content (AvgIpc) is 3.07. The second-order valence-electron chi connectivity index (χ2n) is 5.52. The number of H-pyrrole nitrogens is 1. The van der Waals surface area contributed by atoms with Gasteiger partial charge < -0.3 is 10.3 Å². The van der Waals surface area contributed by atoms with Gasteiger partial charge in [0.2, 0.25) is 0 Å². The molecule has 2 aromatic rings. The molecule has 21 heavy (non-hydrogen) atoms. The van der Waals surface area contributed by atoms with E-state index in [4.69, 9.17) is 0 Å². The van der Waals surface area contributed by atoms with Crippen molar-refractivity contribution >= 4 is 5.91 Å². The summed E-state index contributed by atoms with van der Waals surface area (Å²) in [5.74, 6) is 0.459. The van der Waals surface area contributed by atoms with Crippen LogP contribution in [0.4, 0.5) is 0 Å². The first-order valence-electron chi connectivity index (χ1n) is 7.42. The van der Waals surface area contributed by atoms with Gasteiger partial charge in [0, 0.05) is 31.4 Å². The zero-order chi connectivity index (χ0) is 15.2. The highest BCUT2D eigenvalue weighted by atomic mass is 16.2. The van der Waals surface area contributed by atoms with Crippen molar-refractivity contribution in [2.45, 2.75) is 40.2 Å². The highest BCUT2D eigenvalue weighted by Crippen LogP contribution is 2.10. The molecular weight excluding hydrogens is 266 g/mol. The number of imidazole rings is 1. The van der Waals surface area contributed by atoms with Gasteiger partial charge in [-0.15, -0.1) is 0 Å². The van der Waals surface area contributed by atoms with E-state index < -0.39 is 0 Å². The van der Waals surface area contributed by atoms with E-state index in [1.165, 1.54) is 0 Å². The molecule has 0 radical (unpaired) electrons. The summed E-state index contributed by atoms with van der Waals surface area (Å²) in [6.45, 7) is 7.56. The van der Waals surface area contributed by atoms with Gasteiger partial charge in [-0.25, -0.2) is 4.98 Å². The van der Waals surface area contributed by atoms with Crippen LogP contribution in [0, 0.1) is 5.92 Å². The molecular formula is C15H23N5O. The summed E-state index contributed by atoms with van der Waals surface area (Å²) in [6, 6.07) is 1.90. The summed E-state index contributed by atoms with van der Waals surface area (Å²) in [4.78, 5) is 19.2. The van der Waals surface area contributed by atoms with Gasteiger partial charge in [0.1, 0.15) is 5.69 Å².